The minimum atomic E-state index is -4.24. The van der Waals surface area contributed by atoms with E-state index in [9.17, 15) is 13.2 Å². The van der Waals surface area contributed by atoms with Gasteiger partial charge in [-0.3, -0.25) is 4.98 Å². The maximum Gasteiger partial charge on any atom is 0.404 e. The van der Waals surface area contributed by atoms with Crippen molar-refractivity contribution < 1.29 is 13.2 Å². The van der Waals surface area contributed by atoms with E-state index >= 15 is 0 Å². The molecule has 1 aromatic heterocycles. The summed E-state index contributed by atoms with van der Waals surface area (Å²) in [7, 11) is 0. The first-order valence-corrected chi connectivity index (χ1v) is 5.62. The lowest BCUT2D eigenvalue weighted by Gasteiger charge is -2.20. The Morgan fingerprint density at radius 1 is 1.44 bits per heavy atom. The first-order chi connectivity index (χ1) is 7.43. The third-order valence-electron chi connectivity index (χ3n) is 2.05. The summed E-state index contributed by atoms with van der Waals surface area (Å²) in [6.07, 6.45) is -1.36. The first kappa shape index (κ1) is 13.4. The average molecular weight is 297 g/mol. The Kier molecular flexibility index (Phi) is 4.73. The van der Waals surface area contributed by atoms with Crippen molar-refractivity contribution in [2.75, 3.05) is 6.54 Å². The highest BCUT2D eigenvalue weighted by Crippen LogP contribution is 2.23. The second-order valence-corrected chi connectivity index (χ2v) is 4.28. The van der Waals surface area contributed by atoms with Crippen LogP contribution in [0.3, 0.4) is 0 Å². The molecule has 1 atom stereocenters. The molecular weight excluding hydrogens is 285 g/mol. The van der Waals surface area contributed by atoms with Gasteiger partial charge >= 0.3 is 6.18 Å². The van der Waals surface area contributed by atoms with Gasteiger partial charge in [0.15, 0.2) is 0 Å². The number of nitrogens with zero attached hydrogens (tertiary/aromatic N) is 1. The second-order valence-electron chi connectivity index (χ2n) is 3.37. The van der Waals surface area contributed by atoms with E-state index in [4.69, 9.17) is 0 Å². The van der Waals surface area contributed by atoms with Gasteiger partial charge in [0, 0.05) is 16.9 Å². The summed E-state index contributed by atoms with van der Waals surface area (Å²) in [5.41, 5.74) is 0.553. The van der Waals surface area contributed by atoms with Crippen molar-refractivity contribution in [3.8, 4) is 0 Å². The summed E-state index contributed by atoms with van der Waals surface area (Å²) < 4.78 is 38.5. The molecule has 1 aromatic rings. The van der Waals surface area contributed by atoms with Gasteiger partial charge in [-0.2, -0.15) is 13.2 Å². The van der Waals surface area contributed by atoms with Crippen molar-refractivity contribution in [1.82, 2.24) is 10.3 Å². The van der Waals surface area contributed by atoms with Crippen LogP contribution >= 0.6 is 15.9 Å². The predicted octanol–water partition coefficient (Wildman–Crippen LogP) is 2.93. The summed E-state index contributed by atoms with van der Waals surface area (Å²) in [5.74, 6) is 0. The molecular formula is C10H12BrF3N2. The fraction of sp³-hybridized carbons (Fsp3) is 0.500. The molecule has 90 valence electrons. The van der Waals surface area contributed by atoms with Crippen LogP contribution in [0.5, 0.6) is 0 Å². The Morgan fingerprint density at radius 2 is 2.12 bits per heavy atom. The van der Waals surface area contributed by atoms with Gasteiger partial charge < -0.3 is 5.32 Å². The molecule has 0 radical (unpaired) electrons. The zero-order valence-electron chi connectivity index (χ0n) is 8.68. The third kappa shape index (κ3) is 4.09. The lowest BCUT2D eigenvalue weighted by atomic mass is 10.1. The molecule has 0 spiro atoms. The Hall–Kier alpha value is -0.620. The fourth-order valence-electron chi connectivity index (χ4n) is 1.35. The molecule has 0 aromatic carbocycles. The predicted molar refractivity (Wildman–Crippen MR) is 59.2 cm³/mol. The summed E-state index contributed by atoms with van der Waals surface area (Å²) >= 11 is 3.18. The first-order valence-electron chi connectivity index (χ1n) is 4.83. The molecule has 0 amide bonds. The van der Waals surface area contributed by atoms with Crippen LogP contribution in [0.4, 0.5) is 13.2 Å². The molecule has 0 fully saturated rings. The number of nitrogens with one attached hydrogen (secondary N) is 1. The van der Waals surface area contributed by atoms with E-state index in [1.807, 2.05) is 0 Å². The molecule has 1 N–H and O–H groups in total. The Balaban J connectivity index is 2.76. The third-order valence-corrected chi connectivity index (χ3v) is 2.48. The standard InChI is InChI=1S/C10H12BrF3N2/c1-2-16-9(10(12,13)14)4-7-3-8(11)6-15-5-7/h3,5-6,9,16H,2,4H2,1H3. The van der Waals surface area contributed by atoms with Crippen molar-refractivity contribution >= 4 is 15.9 Å². The van der Waals surface area contributed by atoms with Crippen LogP contribution in [-0.4, -0.2) is 23.7 Å². The van der Waals surface area contributed by atoms with E-state index in [2.05, 4.69) is 26.2 Å². The number of hydrogen-bond donors (Lipinski definition) is 1. The number of pyridine rings is 1. The molecule has 0 saturated carbocycles. The fourth-order valence-corrected chi connectivity index (χ4v) is 1.77. The zero-order valence-corrected chi connectivity index (χ0v) is 10.3. The molecule has 1 heterocycles. The van der Waals surface area contributed by atoms with Gasteiger partial charge in [0.05, 0.1) is 0 Å². The minimum absolute atomic E-state index is 0.107. The topological polar surface area (TPSA) is 24.9 Å². The van der Waals surface area contributed by atoms with Crippen LogP contribution in [0.1, 0.15) is 12.5 Å². The van der Waals surface area contributed by atoms with Crippen LogP contribution in [0.25, 0.3) is 0 Å². The number of rotatable bonds is 4. The Morgan fingerprint density at radius 3 is 2.62 bits per heavy atom. The van der Waals surface area contributed by atoms with E-state index in [1.54, 1.807) is 19.2 Å². The summed E-state index contributed by atoms with van der Waals surface area (Å²) in [4.78, 5) is 3.84. The molecule has 0 aliphatic heterocycles. The van der Waals surface area contributed by atoms with Crippen LogP contribution in [-0.2, 0) is 6.42 Å². The van der Waals surface area contributed by atoms with Crippen LogP contribution in [0.2, 0.25) is 0 Å². The molecule has 2 nitrogen and oxygen atoms in total. The van der Waals surface area contributed by atoms with Gasteiger partial charge in [-0.05, 0) is 40.5 Å². The number of alkyl halides is 3. The molecule has 1 unspecified atom stereocenters. The van der Waals surface area contributed by atoms with Crippen LogP contribution in [0.15, 0.2) is 22.9 Å². The van der Waals surface area contributed by atoms with Gasteiger partial charge in [-0.1, -0.05) is 6.92 Å². The van der Waals surface area contributed by atoms with Crippen molar-refractivity contribution in [3.63, 3.8) is 0 Å². The van der Waals surface area contributed by atoms with E-state index in [0.717, 1.165) is 0 Å². The molecule has 0 bridgehead atoms. The van der Waals surface area contributed by atoms with E-state index < -0.39 is 12.2 Å². The van der Waals surface area contributed by atoms with Crippen molar-refractivity contribution in [1.29, 1.82) is 0 Å². The van der Waals surface area contributed by atoms with Crippen molar-refractivity contribution in [2.45, 2.75) is 25.6 Å². The van der Waals surface area contributed by atoms with Crippen LogP contribution in [0, 0.1) is 0 Å². The smallest absolute Gasteiger partial charge is 0.306 e. The zero-order chi connectivity index (χ0) is 12.2. The lowest BCUT2D eigenvalue weighted by Crippen LogP contribution is -2.43. The quantitative estimate of drug-likeness (QED) is 0.924. The Labute approximate surface area is 100 Å². The number of halogens is 4. The largest absolute Gasteiger partial charge is 0.404 e. The maximum absolute atomic E-state index is 12.6. The van der Waals surface area contributed by atoms with E-state index in [1.165, 1.54) is 6.20 Å². The van der Waals surface area contributed by atoms with E-state index in [0.29, 0.717) is 10.0 Å². The molecule has 0 aliphatic rings. The van der Waals surface area contributed by atoms with Crippen molar-refractivity contribution in [3.05, 3.63) is 28.5 Å². The second kappa shape index (κ2) is 5.63. The highest BCUT2D eigenvalue weighted by molar-refractivity contribution is 9.10. The highest BCUT2D eigenvalue weighted by atomic mass is 79.9. The summed E-state index contributed by atoms with van der Waals surface area (Å²) in [5, 5.41) is 2.42. The summed E-state index contributed by atoms with van der Waals surface area (Å²) in [6, 6.07) is 0.122. The molecule has 6 heteroatoms. The van der Waals surface area contributed by atoms with Crippen LogP contribution < -0.4 is 5.32 Å². The molecule has 0 aliphatic carbocycles. The minimum Gasteiger partial charge on any atom is -0.306 e. The number of likely N-dealkylation sites (N-methyl/N-ethyl adjacent to an activating group) is 1. The number of aromatic nitrogens is 1. The normalized spacial score (nSPS) is 13.8. The van der Waals surface area contributed by atoms with Gasteiger partial charge in [0.25, 0.3) is 0 Å². The maximum atomic E-state index is 12.6. The van der Waals surface area contributed by atoms with Gasteiger partial charge in [0.2, 0.25) is 0 Å². The Bertz CT molecular complexity index is 341. The van der Waals surface area contributed by atoms with Gasteiger partial charge in [0.1, 0.15) is 6.04 Å². The highest BCUT2D eigenvalue weighted by Gasteiger charge is 2.38. The monoisotopic (exact) mass is 296 g/mol. The lowest BCUT2D eigenvalue weighted by molar-refractivity contribution is -0.155. The van der Waals surface area contributed by atoms with Gasteiger partial charge in [-0.15, -0.1) is 0 Å². The van der Waals surface area contributed by atoms with E-state index in [-0.39, 0.29) is 13.0 Å². The van der Waals surface area contributed by atoms with Gasteiger partial charge in [-0.25, -0.2) is 0 Å². The molecule has 16 heavy (non-hydrogen) atoms. The number of hydrogen-bond acceptors (Lipinski definition) is 2. The molecule has 0 saturated heterocycles. The average Bonchev–Trinajstić information content (AvgIpc) is 2.16. The summed E-state index contributed by atoms with van der Waals surface area (Å²) in [6.45, 7) is 1.93. The SMILES string of the molecule is CCNC(Cc1cncc(Br)c1)C(F)(F)F. The van der Waals surface area contributed by atoms with Crippen molar-refractivity contribution in [2.24, 2.45) is 0 Å². The molecule has 1 rings (SSSR count).